The van der Waals surface area contributed by atoms with Gasteiger partial charge in [-0.25, -0.2) is 9.59 Å². The topological polar surface area (TPSA) is 160 Å². The number of rotatable bonds is 7. The summed E-state index contributed by atoms with van der Waals surface area (Å²) in [5.41, 5.74) is -1.73. The summed E-state index contributed by atoms with van der Waals surface area (Å²) in [5.74, 6) is -1.84. The molecule has 2 amide bonds. The van der Waals surface area contributed by atoms with Crippen molar-refractivity contribution >= 4 is 18.0 Å². The average Bonchev–Trinajstić information content (AvgIpc) is 2.48. The van der Waals surface area contributed by atoms with Gasteiger partial charge < -0.3 is 20.5 Å². The maximum atomic E-state index is 12.0. The molecule has 0 spiro atoms. The van der Waals surface area contributed by atoms with Crippen LogP contribution in [-0.2, 0) is 20.9 Å². The fourth-order valence-corrected chi connectivity index (χ4v) is 2.11. The van der Waals surface area contributed by atoms with Crippen LogP contribution >= 0.6 is 0 Å². The highest BCUT2D eigenvalue weighted by atomic mass is 16.6. The number of aryl methyl sites for hydroxylation is 1. The Morgan fingerprint density at radius 2 is 1.93 bits per heavy atom. The van der Waals surface area contributed by atoms with Crippen LogP contribution < -0.4 is 21.9 Å². The fourth-order valence-electron chi connectivity index (χ4n) is 2.11. The number of ether oxygens (including phenoxy) is 1. The van der Waals surface area contributed by atoms with Crippen LogP contribution in [0.3, 0.4) is 0 Å². The van der Waals surface area contributed by atoms with Crippen LogP contribution in [0.1, 0.15) is 32.8 Å². The van der Waals surface area contributed by atoms with Gasteiger partial charge in [0.25, 0.3) is 5.56 Å². The molecule has 0 unspecified atom stereocenters. The number of nitrogens with one attached hydrogen (secondary N) is 3. The Balaban J connectivity index is 2.75. The molecule has 11 nitrogen and oxygen atoms in total. The molecular formula is C16H24N4O7. The minimum absolute atomic E-state index is 0.166. The molecule has 0 aliphatic rings. The third-order valence-corrected chi connectivity index (χ3v) is 3.18. The summed E-state index contributed by atoms with van der Waals surface area (Å²) in [6, 6.07) is -0.932. The van der Waals surface area contributed by atoms with Crippen LogP contribution in [0.4, 0.5) is 4.79 Å². The van der Waals surface area contributed by atoms with Crippen LogP contribution in [0.5, 0.6) is 0 Å². The normalized spacial score (nSPS) is 12.1. The Kier molecular flexibility index (Phi) is 7.32. The van der Waals surface area contributed by atoms with Crippen LogP contribution in [0, 0.1) is 6.92 Å². The number of amides is 2. The Bertz CT molecular complexity index is 819. The molecule has 1 aromatic heterocycles. The predicted molar refractivity (Wildman–Crippen MR) is 94.5 cm³/mol. The van der Waals surface area contributed by atoms with E-state index >= 15 is 0 Å². The predicted octanol–water partition coefficient (Wildman–Crippen LogP) is -0.671. The standard InChI is InChI=1S/C16H24N4O7/c1-9-7-20(14(25)19-13(9)24)8-10(5-12(22)23)18-11(21)6-17-15(26)27-16(2,3)4/h7,10H,5-6,8H2,1-4H3,(H,17,26)(H,18,21)(H,22,23)(H,19,24,25)/t10-/m0/s1. The Labute approximate surface area is 154 Å². The molecule has 0 aliphatic heterocycles. The zero-order valence-corrected chi connectivity index (χ0v) is 15.6. The molecule has 1 atom stereocenters. The van der Waals surface area contributed by atoms with Gasteiger partial charge in [-0.2, -0.15) is 0 Å². The lowest BCUT2D eigenvalue weighted by molar-refractivity contribution is -0.137. The van der Waals surface area contributed by atoms with Crippen LogP contribution in [-0.4, -0.2) is 50.8 Å². The zero-order valence-electron chi connectivity index (χ0n) is 15.6. The van der Waals surface area contributed by atoms with Gasteiger partial charge in [0.1, 0.15) is 12.1 Å². The third-order valence-electron chi connectivity index (χ3n) is 3.18. The summed E-state index contributed by atoms with van der Waals surface area (Å²) in [7, 11) is 0. The number of carboxylic acids is 1. The van der Waals surface area contributed by atoms with Crippen molar-refractivity contribution in [2.75, 3.05) is 6.54 Å². The third kappa shape index (κ3) is 8.21. The fraction of sp³-hybridized carbons (Fsp3) is 0.562. The van der Waals surface area contributed by atoms with E-state index in [0.717, 1.165) is 4.57 Å². The van der Waals surface area contributed by atoms with Gasteiger partial charge in [0.15, 0.2) is 0 Å². The van der Waals surface area contributed by atoms with Crippen LogP contribution in [0.2, 0.25) is 0 Å². The molecule has 1 heterocycles. The van der Waals surface area contributed by atoms with E-state index in [1.807, 2.05) is 0 Å². The van der Waals surface area contributed by atoms with Gasteiger partial charge in [-0.15, -0.1) is 0 Å². The van der Waals surface area contributed by atoms with Crippen molar-refractivity contribution in [1.82, 2.24) is 20.2 Å². The smallest absolute Gasteiger partial charge is 0.408 e. The molecular weight excluding hydrogens is 360 g/mol. The van der Waals surface area contributed by atoms with Gasteiger partial charge in [0.2, 0.25) is 5.91 Å². The van der Waals surface area contributed by atoms with Gasteiger partial charge >= 0.3 is 17.8 Å². The number of aliphatic carboxylic acids is 1. The second kappa shape index (κ2) is 9.01. The van der Waals surface area contributed by atoms with Crippen molar-refractivity contribution in [1.29, 1.82) is 0 Å². The van der Waals surface area contributed by atoms with E-state index in [2.05, 4.69) is 15.6 Å². The molecule has 4 N–H and O–H groups in total. The molecule has 0 radical (unpaired) electrons. The lowest BCUT2D eigenvalue weighted by Crippen LogP contribution is -2.46. The molecule has 27 heavy (non-hydrogen) atoms. The van der Waals surface area contributed by atoms with Crippen LogP contribution in [0.15, 0.2) is 15.8 Å². The van der Waals surface area contributed by atoms with Crippen molar-refractivity contribution < 1.29 is 24.2 Å². The van der Waals surface area contributed by atoms with Gasteiger partial charge in [0.05, 0.1) is 12.5 Å². The van der Waals surface area contributed by atoms with E-state index in [4.69, 9.17) is 9.84 Å². The lowest BCUT2D eigenvalue weighted by Gasteiger charge is -2.21. The molecule has 0 saturated heterocycles. The zero-order chi connectivity index (χ0) is 20.8. The lowest BCUT2D eigenvalue weighted by atomic mass is 10.2. The number of aromatic nitrogens is 2. The largest absolute Gasteiger partial charge is 0.481 e. The summed E-state index contributed by atoms with van der Waals surface area (Å²) in [4.78, 5) is 59.9. The average molecular weight is 384 g/mol. The maximum Gasteiger partial charge on any atom is 0.408 e. The van der Waals surface area contributed by atoms with E-state index in [-0.39, 0.29) is 12.1 Å². The number of carbonyl (C=O) groups excluding carboxylic acids is 2. The number of nitrogens with zero attached hydrogens (tertiary/aromatic N) is 1. The first kappa shape index (κ1) is 21.9. The molecule has 0 aliphatic carbocycles. The van der Waals surface area contributed by atoms with Gasteiger partial charge in [-0.05, 0) is 27.7 Å². The van der Waals surface area contributed by atoms with E-state index in [0.29, 0.717) is 0 Å². The van der Waals surface area contributed by atoms with Crippen molar-refractivity contribution in [3.63, 3.8) is 0 Å². The van der Waals surface area contributed by atoms with Gasteiger partial charge in [0, 0.05) is 18.3 Å². The summed E-state index contributed by atoms with van der Waals surface area (Å²) in [6.45, 7) is 5.90. The second-order valence-electron chi connectivity index (χ2n) is 6.94. The SMILES string of the molecule is Cc1cn(C[C@H](CC(=O)O)NC(=O)CNC(=O)OC(C)(C)C)c(=O)[nH]c1=O. The minimum Gasteiger partial charge on any atom is -0.481 e. The number of H-pyrrole nitrogens is 1. The number of carboxylic acid groups (broad SMARTS) is 1. The number of carbonyl (C=O) groups is 3. The molecule has 0 saturated carbocycles. The highest BCUT2D eigenvalue weighted by Gasteiger charge is 2.20. The van der Waals surface area contributed by atoms with Crippen molar-refractivity contribution in [2.45, 2.75) is 52.3 Å². The first-order chi connectivity index (χ1) is 12.4. The molecule has 0 bridgehead atoms. The molecule has 0 fully saturated rings. The second-order valence-corrected chi connectivity index (χ2v) is 6.94. The summed E-state index contributed by atoms with van der Waals surface area (Å²) in [5, 5.41) is 13.7. The van der Waals surface area contributed by atoms with Crippen LogP contribution in [0.25, 0.3) is 0 Å². The molecule has 1 rings (SSSR count). The van der Waals surface area contributed by atoms with E-state index < -0.39 is 53.8 Å². The maximum absolute atomic E-state index is 12.0. The molecule has 150 valence electrons. The van der Waals surface area contributed by atoms with Gasteiger partial charge in [-0.1, -0.05) is 0 Å². The van der Waals surface area contributed by atoms with E-state index in [1.165, 1.54) is 13.1 Å². The molecule has 11 heteroatoms. The first-order valence-electron chi connectivity index (χ1n) is 8.16. The number of alkyl carbamates (subject to hydrolysis) is 1. The highest BCUT2D eigenvalue weighted by Crippen LogP contribution is 2.06. The number of hydrogen-bond acceptors (Lipinski definition) is 6. The highest BCUT2D eigenvalue weighted by molar-refractivity contribution is 5.82. The minimum atomic E-state index is -1.19. The first-order valence-corrected chi connectivity index (χ1v) is 8.16. The summed E-state index contributed by atoms with van der Waals surface area (Å²) < 4.78 is 6.09. The Morgan fingerprint density at radius 1 is 1.30 bits per heavy atom. The quantitative estimate of drug-likeness (QED) is 0.485. The Hall–Kier alpha value is -3.11. The number of hydrogen-bond donors (Lipinski definition) is 4. The Morgan fingerprint density at radius 3 is 2.48 bits per heavy atom. The molecule has 1 aromatic rings. The summed E-state index contributed by atoms with van der Waals surface area (Å²) in [6.07, 6.45) is 0.0316. The van der Waals surface area contributed by atoms with Crippen molar-refractivity contribution in [3.05, 3.63) is 32.6 Å². The summed E-state index contributed by atoms with van der Waals surface area (Å²) >= 11 is 0. The van der Waals surface area contributed by atoms with Crippen molar-refractivity contribution in [2.24, 2.45) is 0 Å². The van der Waals surface area contributed by atoms with E-state index in [1.54, 1.807) is 20.8 Å². The van der Waals surface area contributed by atoms with E-state index in [9.17, 15) is 24.0 Å². The molecule has 0 aromatic carbocycles. The number of aromatic amines is 1. The monoisotopic (exact) mass is 384 g/mol. The van der Waals surface area contributed by atoms with Gasteiger partial charge in [-0.3, -0.25) is 23.9 Å². The van der Waals surface area contributed by atoms with Crippen molar-refractivity contribution in [3.8, 4) is 0 Å².